The summed E-state index contributed by atoms with van der Waals surface area (Å²) in [6.07, 6.45) is 0.890. The van der Waals surface area contributed by atoms with Gasteiger partial charge in [0.25, 0.3) is 0 Å². The Morgan fingerprint density at radius 1 is 1.42 bits per heavy atom. The number of rotatable bonds is 2. The van der Waals surface area contributed by atoms with Crippen molar-refractivity contribution in [1.29, 1.82) is 0 Å². The van der Waals surface area contributed by atoms with Gasteiger partial charge in [0.15, 0.2) is 5.13 Å². The van der Waals surface area contributed by atoms with Crippen LogP contribution in [0.3, 0.4) is 0 Å². The average Bonchev–Trinajstić information content (AvgIpc) is 2.13. The van der Waals surface area contributed by atoms with Gasteiger partial charge in [0, 0.05) is 4.88 Å². The minimum atomic E-state index is 0. The van der Waals surface area contributed by atoms with Gasteiger partial charge in [0.1, 0.15) is 0 Å². The van der Waals surface area contributed by atoms with E-state index in [2.05, 4.69) is 4.98 Å². The molecule has 0 atom stereocenters. The van der Waals surface area contributed by atoms with E-state index in [-0.39, 0.29) is 34.0 Å². The largest absolute Gasteiger partial charge is 1.00 e. The zero-order chi connectivity index (χ0) is 7.56. The Morgan fingerprint density at radius 3 is 2.33 bits per heavy atom. The van der Waals surface area contributed by atoms with Crippen LogP contribution in [0.15, 0.2) is 0 Å². The van der Waals surface area contributed by atoms with E-state index in [9.17, 15) is 0 Å². The second-order valence-corrected chi connectivity index (χ2v) is 3.21. The predicted octanol–water partition coefficient (Wildman–Crippen LogP) is -5.46. The highest BCUT2D eigenvalue weighted by Crippen LogP contribution is 2.19. The lowest BCUT2D eigenvalue weighted by atomic mass is 10.3. The van der Waals surface area contributed by atoms with E-state index in [1.807, 2.05) is 6.92 Å². The molecule has 0 radical (unpaired) electrons. The molecule has 1 heterocycles. The van der Waals surface area contributed by atoms with Gasteiger partial charge in [-0.15, -0.1) is 11.3 Å². The van der Waals surface area contributed by atoms with E-state index >= 15 is 0 Å². The number of nitrogens with two attached hydrogens (primary N) is 2. The van der Waals surface area contributed by atoms with Crippen molar-refractivity contribution < 1.29 is 34.0 Å². The molecule has 72 valence electrons. The maximum Gasteiger partial charge on any atom is 0.180 e. The Bertz CT molecular complexity index is 227. The summed E-state index contributed by atoms with van der Waals surface area (Å²) < 4.78 is 0. The number of halogens is 2. The van der Waals surface area contributed by atoms with Crippen molar-refractivity contribution in [3.63, 3.8) is 0 Å². The van der Waals surface area contributed by atoms with Crippen LogP contribution in [0.1, 0.15) is 10.6 Å². The molecule has 1 rings (SSSR count). The third-order valence-corrected chi connectivity index (χ3v) is 2.33. The molecule has 3 nitrogen and oxygen atoms in total. The molecular formula is C6H11Br2N3S-2. The van der Waals surface area contributed by atoms with Crippen molar-refractivity contribution in [2.75, 3.05) is 12.3 Å². The molecule has 0 aromatic carbocycles. The first-order chi connectivity index (χ1) is 4.74. The molecule has 0 aliphatic heterocycles. The molecular weight excluding hydrogens is 306 g/mol. The smallest absolute Gasteiger partial charge is 0.180 e. The summed E-state index contributed by atoms with van der Waals surface area (Å²) in [6.45, 7) is 2.63. The van der Waals surface area contributed by atoms with E-state index in [0.717, 1.165) is 12.1 Å². The minimum absolute atomic E-state index is 0. The molecule has 0 saturated heterocycles. The predicted molar refractivity (Wildman–Crippen MR) is 44.0 cm³/mol. The third kappa shape index (κ3) is 3.84. The van der Waals surface area contributed by atoms with Gasteiger partial charge in [-0.1, -0.05) is 0 Å². The SMILES string of the molecule is Cc1nc(N)sc1CCN.[Br-].[Br-]. The van der Waals surface area contributed by atoms with E-state index in [0.29, 0.717) is 11.7 Å². The van der Waals surface area contributed by atoms with Crippen LogP contribution in [0, 0.1) is 6.92 Å². The fourth-order valence-electron chi connectivity index (χ4n) is 0.814. The van der Waals surface area contributed by atoms with Gasteiger partial charge in [-0.3, -0.25) is 0 Å². The standard InChI is InChI=1S/C6H11N3S.2BrH/c1-4-5(2-3-7)10-6(8)9-4;;/h2-3,7H2,1H3,(H2,8,9);2*1H/p-2. The van der Waals surface area contributed by atoms with Gasteiger partial charge >= 0.3 is 0 Å². The van der Waals surface area contributed by atoms with Crippen LogP contribution in [0.25, 0.3) is 0 Å². The molecule has 6 heteroatoms. The Labute approximate surface area is 97.1 Å². The summed E-state index contributed by atoms with van der Waals surface area (Å²) in [5.74, 6) is 0. The second-order valence-electron chi connectivity index (χ2n) is 2.10. The fraction of sp³-hybridized carbons (Fsp3) is 0.500. The number of hydrogen-bond donors (Lipinski definition) is 2. The van der Waals surface area contributed by atoms with Crippen molar-refractivity contribution in [1.82, 2.24) is 4.98 Å². The summed E-state index contributed by atoms with van der Waals surface area (Å²) in [6, 6.07) is 0. The van der Waals surface area contributed by atoms with Gasteiger partial charge in [-0.05, 0) is 19.9 Å². The number of aryl methyl sites for hydroxylation is 1. The van der Waals surface area contributed by atoms with Gasteiger partial charge in [0.2, 0.25) is 0 Å². The molecule has 0 aliphatic carbocycles. The molecule has 12 heavy (non-hydrogen) atoms. The lowest BCUT2D eigenvalue weighted by Crippen LogP contribution is -3.00. The molecule has 0 bridgehead atoms. The van der Waals surface area contributed by atoms with Crippen molar-refractivity contribution in [2.24, 2.45) is 5.73 Å². The highest BCUT2D eigenvalue weighted by molar-refractivity contribution is 7.15. The minimum Gasteiger partial charge on any atom is -1.00 e. The fourth-order valence-corrected chi connectivity index (χ4v) is 1.66. The summed E-state index contributed by atoms with van der Waals surface area (Å²) in [5, 5.41) is 0.640. The van der Waals surface area contributed by atoms with Crippen LogP contribution < -0.4 is 45.4 Å². The molecule has 4 N–H and O–H groups in total. The second kappa shape index (κ2) is 6.82. The first kappa shape index (κ1) is 14.9. The Balaban J connectivity index is 0. The van der Waals surface area contributed by atoms with Crippen LogP contribution in [0.2, 0.25) is 0 Å². The van der Waals surface area contributed by atoms with Gasteiger partial charge < -0.3 is 45.4 Å². The molecule has 1 aromatic rings. The van der Waals surface area contributed by atoms with E-state index in [4.69, 9.17) is 11.5 Å². The van der Waals surface area contributed by atoms with Gasteiger partial charge in [0.05, 0.1) is 5.69 Å². The molecule has 0 saturated carbocycles. The van der Waals surface area contributed by atoms with E-state index in [1.165, 1.54) is 16.2 Å². The summed E-state index contributed by atoms with van der Waals surface area (Å²) >= 11 is 1.53. The lowest BCUT2D eigenvalue weighted by Gasteiger charge is -1.90. The van der Waals surface area contributed by atoms with E-state index in [1.54, 1.807) is 0 Å². The zero-order valence-electron chi connectivity index (χ0n) is 6.68. The van der Waals surface area contributed by atoms with Crippen molar-refractivity contribution >= 4 is 16.5 Å². The first-order valence-electron chi connectivity index (χ1n) is 3.16. The van der Waals surface area contributed by atoms with Gasteiger partial charge in [-0.2, -0.15) is 0 Å². The number of aromatic nitrogens is 1. The monoisotopic (exact) mass is 315 g/mol. The van der Waals surface area contributed by atoms with Crippen LogP contribution in [-0.2, 0) is 6.42 Å². The number of nitrogens with zero attached hydrogens (tertiary/aromatic N) is 1. The molecule has 0 unspecified atom stereocenters. The van der Waals surface area contributed by atoms with Gasteiger partial charge in [-0.25, -0.2) is 4.98 Å². The topological polar surface area (TPSA) is 64.9 Å². The van der Waals surface area contributed by atoms with Crippen molar-refractivity contribution in [2.45, 2.75) is 13.3 Å². The molecule has 0 aliphatic rings. The summed E-state index contributed by atoms with van der Waals surface area (Å²) in [7, 11) is 0. The van der Waals surface area contributed by atoms with Crippen LogP contribution >= 0.6 is 11.3 Å². The Kier molecular flexibility index (Phi) is 8.44. The van der Waals surface area contributed by atoms with Crippen LogP contribution in [0.4, 0.5) is 5.13 Å². The lowest BCUT2D eigenvalue weighted by molar-refractivity contribution is -0.001000. The molecule has 0 spiro atoms. The zero-order valence-corrected chi connectivity index (χ0v) is 10.7. The van der Waals surface area contributed by atoms with Crippen LogP contribution in [0.5, 0.6) is 0 Å². The van der Waals surface area contributed by atoms with Crippen LogP contribution in [-0.4, -0.2) is 11.5 Å². The number of thiazole rings is 1. The van der Waals surface area contributed by atoms with E-state index < -0.39 is 0 Å². The summed E-state index contributed by atoms with van der Waals surface area (Å²) in [5.41, 5.74) is 11.9. The van der Waals surface area contributed by atoms with Crippen molar-refractivity contribution in [3.05, 3.63) is 10.6 Å². The number of hydrogen-bond acceptors (Lipinski definition) is 4. The maximum atomic E-state index is 5.48. The quantitative estimate of drug-likeness (QED) is 0.572. The van der Waals surface area contributed by atoms with Crippen molar-refractivity contribution in [3.8, 4) is 0 Å². The Hall–Kier alpha value is 0.350. The highest BCUT2D eigenvalue weighted by Gasteiger charge is 2.02. The molecule has 0 fully saturated rings. The molecule has 0 amide bonds. The summed E-state index contributed by atoms with van der Waals surface area (Å²) in [4.78, 5) is 5.28. The molecule has 1 aromatic heterocycles. The number of nitrogen functional groups attached to an aromatic ring is 1. The first-order valence-corrected chi connectivity index (χ1v) is 3.97. The average molecular weight is 317 g/mol. The highest BCUT2D eigenvalue weighted by atomic mass is 79.9. The normalized spacial score (nSPS) is 8.50. The third-order valence-electron chi connectivity index (χ3n) is 1.28. The Morgan fingerprint density at radius 2 is 2.00 bits per heavy atom. The maximum absolute atomic E-state index is 5.48. The number of anilines is 1.